The van der Waals surface area contributed by atoms with Crippen LogP contribution in [0.5, 0.6) is 0 Å². The molecular formula is C15H17ClFNO4. The van der Waals surface area contributed by atoms with E-state index in [1.807, 2.05) is 0 Å². The molecule has 0 radical (unpaired) electrons. The van der Waals surface area contributed by atoms with Crippen molar-refractivity contribution in [3.63, 3.8) is 0 Å². The molecule has 1 fully saturated rings. The van der Waals surface area contributed by atoms with Gasteiger partial charge in [0.15, 0.2) is 0 Å². The quantitative estimate of drug-likeness (QED) is 0.869. The Morgan fingerprint density at radius 1 is 1.36 bits per heavy atom. The lowest BCUT2D eigenvalue weighted by molar-refractivity contribution is -0.144. The maximum atomic E-state index is 13.2. The lowest BCUT2D eigenvalue weighted by atomic mass is 9.86. The maximum absolute atomic E-state index is 13.2. The van der Waals surface area contributed by atoms with Gasteiger partial charge >= 0.3 is 5.97 Å². The number of halogens is 2. The van der Waals surface area contributed by atoms with Gasteiger partial charge in [-0.15, -0.1) is 0 Å². The molecule has 7 heteroatoms. The molecule has 0 saturated carbocycles. The molecule has 22 heavy (non-hydrogen) atoms. The molecule has 1 aliphatic heterocycles. The largest absolute Gasteiger partial charge is 0.481 e. The number of carbonyl (C=O) groups excluding carboxylic acids is 1. The monoisotopic (exact) mass is 329 g/mol. The van der Waals surface area contributed by atoms with E-state index in [-0.39, 0.29) is 23.0 Å². The van der Waals surface area contributed by atoms with Gasteiger partial charge in [-0.1, -0.05) is 11.6 Å². The fraction of sp³-hybridized carbons (Fsp3) is 0.467. The predicted octanol–water partition coefficient (Wildman–Crippen LogP) is 2.34. The Morgan fingerprint density at radius 3 is 2.64 bits per heavy atom. The first-order valence-corrected chi connectivity index (χ1v) is 7.40. The van der Waals surface area contributed by atoms with Crippen molar-refractivity contribution in [1.82, 2.24) is 5.32 Å². The van der Waals surface area contributed by atoms with E-state index in [1.165, 1.54) is 6.07 Å². The minimum atomic E-state index is -0.954. The Morgan fingerprint density at radius 2 is 2.05 bits per heavy atom. The van der Waals surface area contributed by atoms with E-state index in [4.69, 9.17) is 16.3 Å². The highest BCUT2D eigenvalue weighted by Crippen LogP contribution is 2.24. The number of aliphatic carboxylic acids is 1. The molecule has 2 N–H and O–H groups in total. The molecule has 1 aromatic rings. The Labute approximate surface area is 132 Å². The van der Waals surface area contributed by atoms with Crippen molar-refractivity contribution in [2.24, 2.45) is 11.8 Å². The van der Waals surface area contributed by atoms with Gasteiger partial charge < -0.3 is 15.2 Å². The molecule has 0 bridgehead atoms. The molecule has 1 amide bonds. The molecule has 1 saturated heterocycles. The first kappa shape index (κ1) is 16.7. The molecule has 0 aliphatic carbocycles. The van der Waals surface area contributed by atoms with Gasteiger partial charge in [-0.2, -0.15) is 0 Å². The van der Waals surface area contributed by atoms with Crippen LogP contribution in [-0.4, -0.2) is 36.7 Å². The second-order valence-corrected chi connectivity index (χ2v) is 5.70. The van der Waals surface area contributed by atoms with E-state index in [9.17, 15) is 19.1 Å². The van der Waals surface area contributed by atoms with Gasteiger partial charge in [-0.25, -0.2) is 4.39 Å². The third kappa shape index (κ3) is 4.42. The van der Waals surface area contributed by atoms with Gasteiger partial charge in [0.05, 0.1) is 5.92 Å². The average Bonchev–Trinajstić information content (AvgIpc) is 2.47. The number of carboxylic acid groups (broad SMARTS) is 1. The van der Waals surface area contributed by atoms with Crippen molar-refractivity contribution in [1.29, 1.82) is 0 Å². The van der Waals surface area contributed by atoms with E-state index < -0.39 is 23.6 Å². The minimum absolute atomic E-state index is 0.00698. The highest BCUT2D eigenvalue weighted by atomic mass is 35.5. The smallest absolute Gasteiger partial charge is 0.308 e. The van der Waals surface area contributed by atoms with Crippen molar-refractivity contribution < 1.29 is 23.8 Å². The lowest BCUT2D eigenvalue weighted by Gasteiger charge is -2.27. The molecular weight excluding hydrogens is 313 g/mol. The number of amides is 1. The number of ether oxygens (including phenoxy) is 1. The van der Waals surface area contributed by atoms with Crippen LogP contribution in [-0.2, 0) is 9.53 Å². The summed E-state index contributed by atoms with van der Waals surface area (Å²) in [6, 6.07) is 3.50. The SMILES string of the molecule is O=C(NCC(C(=O)O)C1CCOCC1)c1cc(F)cc(Cl)c1. The summed E-state index contributed by atoms with van der Waals surface area (Å²) in [5.41, 5.74) is 0.0705. The van der Waals surface area contributed by atoms with Crippen LogP contribution in [0.4, 0.5) is 4.39 Å². The Bertz CT molecular complexity index is 540. The molecule has 0 spiro atoms. The summed E-state index contributed by atoms with van der Waals surface area (Å²) in [4.78, 5) is 23.4. The zero-order valence-corrected chi connectivity index (χ0v) is 12.6. The first-order valence-electron chi connectivity index (χ1n) is 7.02. The summed E-state index contributed by atoms with van der Waals surface area (Å²) in [6.45, 7) is 1.05. The summed E-state index contributed by atoms with van der Waals surface area (Å²) >= 11 is 5.70. The lowest BCUT2D eigenvalue weighted by Crippen LogP contribution is -2.39. The minimum Gasteiger partial charge on any atom is -0.481 e. The normalized spacial score (nSPS) is 17.0. The van der Waals surface area contributed by atoms with E-state index in [1.54, 1.807) is 0 Å². The fourth-order valence-electron chi connectivity index (χ4n) is 2.56. The number of carbonyl (C=O) groups is 2. The van der Waals surface area contributed by atoms with E-state index in [0.717, 1.165) is 12.1 Å². The number of hydrogen-bond donors (Lipinski definition) is 2. The van der Waals surface area contributed by atoms with E-state index in [0.29, 0.717) is 26.1 Å². The van der Waals surface area contributed by atoms with Gasteiger partial charge in [0.1, 0.15) is 5.82 Å². The van der Waals surface area contributed by atoms with Gasteiger partial charge in [-0.05, 0) is 37.0 Å². The Hall–Kier alpha value is -1.66. The fourth-order valence-corrected chi connectivity index (χ4v) is 2.79. The molecule has 120 valence electrons. The second kappa shape index (κ2) is 7.56. The Balaban J connectivity index is 1.99. The van der Waals surface area contributed by atoms with E-state index >= 15 is 0 Å². The summed E-state index contributed by atoms with van der Waals surface area (Å²) in [5.74, 6) is -2.83. The number of rotatable bonds is 5. The zero-order chi connectivity index (χ0) is 16.1. The number of benzene rings is 1. The molecule has 0 aromatic heterocycles. The van der Waals surface area contributed by atoms with Gasteiger partial charge in [0.25, 0.3) is 5.91 Å². The standard InChI is InChI=1S/C15H17ClFNO4/c16-11-5-10(6-12(17)7-11)14(19)18-8-13(15(20)21)9-1-3-22-4-2-9/h5-7,9,13H,1-4,8H2,(H,18,19)(H,20,21). The van der Waals surface area contributed by atoms with Crippen molar-refractivity contribution in [3.8, 4) is 0 Å². The Kier molecular flexibility index (Phi) is 5.74. The summed E-state index contributed by atoms with van der Waals surface area (Å²) in [7, 11) is 0. The van der Waals surface area contributed by atoms with Crippen LogP contribution in [0.3, 0.4) is 0 Å². The highest BCUT2D eigenvalue weighted by Gasteiger charge is 2.30. The highest BCUT2D eigenvalue weighted by molar-refractivity contribution is 6.31. The molecule has 2 rings (SSSR count). The topological polar surface area (TPSA) is 75.6 Å². The third-order valence-corrected chi connectivity index (χ3v) is 3.98. The first-order chi connectivity index (χ1) is 10.5. The summed E-state index contributed by atoms with van der Waals surface area (Å²) < 4.78 is 18.4. The number of hydrogen-bond acceptors (Lipinski definition) is 3. The summed E-state index contributed by atoms with van der Waals surface area (Å²) in [5, 5.41) is 12.0. The van der Waals surface area contributed by atoms with Crippen molar-refractivity contribution >= 4 is 23.5 Å². The zero-order valence-electron chi connectivity index (χ0n) is 11.9. The van der Waals surface area contributed by atoms with Crippen LogP contribution in [0.15, 0.2) is 18.2 Å². The van der Waals surface area contributed by atoms with E-state index in [2.05, 4.69) is 5.32 Å². The predicted molar refractivity (Wildman–Crippen MR) is 78.4 cm³/mol. The number of nitrogens with one attached hydrogen (secondary N) is 1. The van der Waals surface area contributed by atoms with Gasteiger partial charge in [0.2, 0.25) is 0 Å². The van der Waals surface area contributed by atoms with Crippen molar-refractivity contribution in [3.05, 3.63) is 34.6 Å². The molecule has 1 aromatic carbocycles. The van der Waals surface area contributed by atoms with Crippen LogP contribution in [0.25, 0.3) is 0 Å². The van der Waals surface area contributed by atoms with Crippen LogP contribution in [0, 0.1) is 17.7 Å². The van der Waals surface area contributed by atoms with Crippen LogP contribution in [0.1, 0.15) is 23.2 Å². The molecule has 1 heterocycles. The molecule has 1 aliphatic rings. The maximum Gasteiger partial charge on any atom is 0.308 e. The second-order valence-electron chi connectivity index (χ2n) is 5.26. The van der Waals surface area contributed by atoms with Crippen LogP contribution >= 0.6 is 11.6 Å². The average molecular weight is 330 g/mol. The molecule has 1 atom stereocenters. The molecule has 5 nitrogen and oxygen atoms in total. The molecule has 1 unspecified atom stereocenters. The number of carboxylic acids is 1. The third-order valence-electron chi connectivity index (χ3n) is 3.76. The van der Waals surface area contributed by atoms with Gasteiger partial charge in [-0.3, -0.25) is 9.59 Å². The van der Waals surface area contributed by atoms with Crippen molar-refractivity contribution in [2.75, 3.05) is 19.8 Å². The van der Waals surface area contributed by atoms with Crippen LogP contribution in [0.2, 0.25) is 5.02 Å². The summed E-state index contributed by atoms with van der Waals surface area (Å²) in [6.07, 6.45) is 1.30. The van der Waals surface area contributed by atoms with Crippen molar-refractivity contribution in [2.45, 2.75) is 12.8 Å². The van der Waals surface area contributed by atoms with Gasteiger partial charge in [0, 0.05) is 30.3 Å². The van der Waals surface area contributed by atoms with Crippen LogP contribution < -0.4 is 5.32 Å².